The van der Waals surface area contributed by atoms with E-state index in [4.69, 9.17) is 4.74 Å². The number of ether oxygens (including phenoxy) is 1. The van der Waals surface area contributed by atoms with Gasteiger partial charge in [0.1, 0.15) is 0 Å². The molecule has 1 aliphatic heterocycles. The van der Waals surface area contributed by atoms with E-state index in [-0.39, 0.29) is 0 Å². The van der Waals surface area contributed by atoms with E-state index in [0.717, 1.165) is 19.6 Å². The molecule has 1 aromatic rings. The predicted octanol–water partition coefficient (Wildman–Crippen LogP) is 4.30. The molecule has 0 saturated carbocycles. The summed E-state index contributed by atoms with van der Waals surface area (Å²) in [6.07, 6.45) is 1.50. The molecule has 3 unspecified atom stereocenters. The fraction of sp³-hybridized carbons (Fsp3) is 0.684. The van der Waals surface area contributed by atoms with Crippen molar-refractivity contribution in [3.05, 3.63) is 33.4 Å². The van der Waals surface area contributed by atoms with Crippen LogP contribution in [0.4, 0.5) is 0 Å². The molecule has 0 amide bonds. The maximum Gasteiger partial charge on any atom is 0.0594 e. The highest BCUT2D eigenvalue weighted by Crippen LogP contribution is 2.38. The van der Waals surface area contributed by atoms with E-state index in [1.807, 2.05) is 0 Å². The Morgan fingerprint density at radius 3 is 1.95 bits per heavy atom. The van der Waals surface area contributed by atoms with Crippen molar-refractivity contribution in [2.75, 3.05) is 13.2 Å². The van der Waals surface area contributed by atoms with Crippen molar-refractivity contribution >= 4 is 0 Å². The van der Waals surface area contributed by atoms with Crippen LogP contribution in [0.25, 0.3) is 0 Å². The summed E-state index contributed by atoms with van der Waals surface area (Å²) in [5.74, 6) is 0.573. The van der Waals surface area contributed by atoms with Gasteiger partial charge in [0.2, 0.25) is 0 Å². The average molecular weight is 289 g/mol. The van der Waals surface area contributed by atoms with Crippen LogP contribution in [-0.2, 0) is 4.74 Å². The van der Waals surface area contributed by atoms with Crippen LogP contribution in [-0.4, -0.2) is 19.3 Å². The number of rotatable bonds is 4. The summed E-state index contributed by atoms with van der Waals surface area (Å²) in [5, 5.41) is 3.75. The molecule has 118 valence electrons. The van der Waals surface area contributed by atoms with Crippen LogP contribution in [0.2, 0.25) is 0 Å². The van der Waals surface area contributed by atoms with Gasteiger partial charge in [0.05, 0.1) is 6.10 Å². The molecule has 0 radical (unpaired) electrons. The molecule has 1 aliphatic rings. The molecule has 1 fully saturated rings. The molecule has 0 aromatic heterocycles. The van der Waals surface area contributed by atoms with Crippen molar-refractivity contribution in [1.82, 2.24) is 5.32 Å². The third kappa shape index (κ3) is 2.89. The lowest BCUT2D eigenvalue weighted by Crippen LogP contribution is -2.33. The SMILES string of the molecule is CCNC(c1c(C)c(C)c(C)c(C)c1C)C1CCOC1C. The molecule has 0 bridgehead atoms. The fourth-order valence-electron chi connectivity index (χ4n) is 3.87. The van der Waals surface area contributed by atoms with Gasteiger partial charge in [-0.05, 0) is 87.9 Å². The Morgan fingerprint density at radius 2 is 1.52 bits per heavy atom. The minimum atomic E-state index is 0.342. The number of hydrogen-bond acceptors (Lipinski definition) is 2. The zero-order chi connectivity index (χ0) is 15.7. The lowest BCUT2D eigenvalue weighted by molar-refractivity contribution is 0.0954. The molecule has 0 aliphatic carbocycles. The summed E-state index contributed by atoms with van der Waals surface area (Å²) in [4.78, 5) is 0. The van der Waals surface area contributed by atoms with E-state index in [1.54, 1.807) is 0 Å². The maximum atomic E-state index is 5.84. The first-order valence-electron chi connectivity index (χ1n) is 8.31. The normalized spacial score (nSPS) is 23.6. The predicted molar refractivity (Wildman–Crippen MR) is 90.1 cm³/mol. The van der Waals surface area contributed by atoms with Gasteiger partial charge in [-0.2, -0.15) is 0 Å². The molecular weight excluding hydrogens is 258 g/mol. The second kappa shape index (κ2) is 6.50. The second-order valence-electron chi connectivity index (χ2n) is 6.60. The number of hydrogen-bond donors (Lipinski definition) is 1. The summed E-state index contributed by atoms with van der Waals surface area (Å²) < 4.78 is 5.84. The van der Waals surface area contributed by atoms with Crippen molar-refractivity contribution in [1.29, 1.82) is 0 Å². The molecular formula is C19H31NO. The van der Waals surface area contributed by atoms with Gasteiger partial charge in [0.25, 0.3) is 0 Å². The van der Waals surface area contributed by atoms with E-state index < -0.39 is 0 Å². The monoisotopic (exact) mass is 289 g/mol. The first kappa shape index (κ1) is 16.5. The first-order chi connectivity index (χ1) is 9.90. The molecule has 3 atom stereocenters. The molecule has 2 rings (SSSR count). The molecule has 1 aromatic carbocycles. The number of benzene rings is 1. The van der Waals surface area contributed by atoms with Crippen molar-refractivity contribution in [3.8, 4) is 0 Å². The van der Waals surface area contributed by atoms with Crippen LogP contribution in [0, 0.1) is 40.5 Å². The highest BCUT2D eigenvalue weighted by atomic mass is 16.5. The second-order valence-corrected chi connectivity index (χ2v) is 6.60. The lowest BCUT2D eigenvalue weighted by atomic mass is 9.80. The highest BCUT2D eigenvalue weighted by Gasteiger charge is 2.34. The zero-order valence-corrected chi connectivity index (χ0v) is 14.8. The molecule has 2 nitrogen and oxygen atoms in total. The van der Waals surface area contributed by atoms with E-state index in [1.165, 1.54) is 33.4 Å². The topological polar surface area (TPSA) is 21.3 Å². The van der Waals surface area contributed by atoms with Crippen LogP contribution in [0.5, 0.6) is 0 Å². The van der Waals surface area contributed by atoms with Crippen molar-refractivity contribution in [2.24, 2.45) is 5.92 Å². The van der Waals surface area contributed by atoms with Crippen molar-refractivity contribution < 1.29 is 4.74 Å². The maximum absolute atomic E-state index is 5.84. The third-order valence-corrected chi connectivity index (χ3v) is 5.66. The Hall–Kier alpha value is -0.860. The Morgan fingerprint density at radius 1 is 1.00 bits per heavy atom. The first-order valence-corrected chi connectivity index (χ1v) is 8.31. The Labute approximate surface area is 130 Å². The van der Waals surface area contributed by atoms with Gasteiger partial charge < -0.3 is 10.1 Å². The van der Waals surface area contributed by atoms with Gasteiger partial charge in [0.15, 0.2) is 0 Å². The highest BCUT2D eigenvalue weighted by molar-refractivity contribution is 5.51. The molecule has 0 spiro atoms. The van der Waals surface area contributed by atoms with Gasteiger partial charge in [-0.25, -0.2) is 0 Å². The largest absolute Gasteiger partial charge is 0.378 e. The Kier molecular flexibility index (Phi) is 5.11. The molecule has 1 saturated heterocycles. The van der Waals surface area contributed by atoms with Gasteiger partial charge in [-0.1, -0.05) is 6.92 Å². The van der Waals surface area contributed by atoms with Crippen LogP contribution >= 0.6 is 0 Å². The van der Waals surface area contributed by atoms with E-state index in [0.29, 0.717) is 18.1 Å². The van der Waals surface area contributed by atoms with Crippen molar-refractivity contribution in [2.45, 2.75) is 67.0 Å². The van der Waals surface area contributed by atoms with Crippen LogP contribution in [0.1, 0.15) is 59.7 Å². The quantitative estimate of drug-likeness (QED) is 0.892. The van der Waals surface area contributed by atoms with E-state index in [9.17, 15) is 0 Å². The van der Waals surface area contributed by atoms with Gasteiger partial charge in [0, 0.05) is 18.6 Å². The summed E-state index contributed by atoms with van der Waals surface area (Å²) in [5.41, 5.74) is 8.77. The van der Waals surface area contributed by atoms with Gasteiger partial charge in [-0.15, -0.1) is 0 Å². The van der Waals surface area contributed by atoms with Gasteiger partial charge in [-0.3, -0.25) is 0 Å². The van der Waals surface area contributed by atoms with E-state index in [2.05, 4.69) is 53.8 Å². The summed E-state index contributed by atoms with van der Waals surface area (Å²) in [6.45, 7) is 17.7. The minimum absolute atomic E-state index is 0.342. The van der Waals surface area contributed by atoms with Gasteiger partial charge >= 0.3 is 0 Å². The smallest absolute Gasteiger partial charge is 0.0594 e. The average Bonchev–Trinajstić information content (AvgIpc) is 2.88. The van der Waals surface area contributed by atoms with Crippen molar-refractivity contribution in [3.63, 3.8) is 0 Å². The van der Waals surface area contributed by atoms with E-state index >= 15 is 0 Å². The Bertz CT molecular complexity index is 492. The molecule has 1 heterocycles. The summed E-state index contributed by atoms with van der Waals surface area (Å²) in [6, 6.07) is 0.408. The van der Waals surface area contributed by atoms with Crippen LogP contribution < -0.4 is 5.32 Å². The van der Waals surface area contributed by atoms with Crippen LogP contribution in [0.3, 0.4) is 0 Å². The standard InChI is InChI=1S/C19H31NO/c1-8-20-19(17-9-10-21-16(17)7)18-14(5)12(3)11(2)13(4)15(18)6/h16-17,19-20H,8-10H2,1-7H3. The fourth-order valence-corrected chi connectivity index (χ4v) is 3.87. The van der Waals surface area contributed by atoms with Crippen LogP contribution in [0.15, 0.2) is 0 Å². The minimum Gasteiger partial charge on any atom is -0.378 e. The summed E-state index contributed by atoms with van der Waals surface area (Å²) in [7, 11) is 0. The molecule has 21 heavy (non-hydrogen) atoms. The lowest BCUT2D eigenvalue weighted by Gasteiger charge is -2.32. The molecule has 1 N–H and O–H groups in total. The number of nitrogens with one attached hydrogen (secondary N) is 1. The Balaban J connectivity index is 2.55. The third-order valence-electron chi connectivity index (χ3n) is 5.66. The molecule has 2 heteroatoms. The zero-order valence-electron chi connectivity index (χ0n) is 14.8. The summed E-state index contributed by atoms with van der Waals surface area (Å²) >= 11 is 0.